The number of hydrogen-bond donors (Lipinski definition) is 1. The monoisotopic (exact) mass is 285 g/mol. The summed E-state index contributed by atoms with van der Waals surface area (Å²) in [5.74, 6) is 1.69. The van der Waals surface area contributed by atoms with Gasteiger partial charge in [-0.15, -0.1) is 0 Å². The van der Waals surface area contributed by atoms with Gasteiger partial charge in [-0.25, -0.2) is 0 Å². The van der Waals surface area contributed by atoms with Crippen LogP contribution in [0.25, 0.3) is 0 Å². The Morgan fingerprint density at radius 3 is 2.38 bits per heavy atom. The summed E-state index contributed by atoms with van der Waals surface area (Å²) >= 11 is 0. The van der Waals surface area contributed by atoms with E-state index in [1.807, 2.05) is 36.5 Å². The number of phenols is 1. The van der Waals surface area contributed by atoms with Gasteiger partial charge in [0.2, 0.25) is 0 Å². The fourth-order valence-corrected chi connectivity index (χ4v) is 1.96. The zero-order chi connectivity index (χ0) is 15.1. The van der Waals surface area contributed by atoms with Gasteiger partial charge in [-0.2, -0.15) is 0 Å². The number of phenolic OH excluding ortho intramolecular Hbond substituents is 1. The molecular formula is C17H19NO3. The second-order valence-electron chi connectivity index (χ2n) is 4.57. The number of ether oxygens (including phenoxy) is 2. The number of aromatic hydroxyl groups is 1. The Bertz CT molecular complexity index is 606. The van der Waals surface area contributed by atoms with Crippen molar-refractivity contribution in [1.29, 1.82) is 0 Å². The van der Waals surface area contributed by atoms with Crippen LogP contribution in [-0.4, -0.2) is 32.1 Å². The molecule has 0 heterocycles. The lowest BCUT2D eigenvalue weighted by molar-refractivity contribution is 0.355. The Balaban J connectivity index is 1.93. The van der Waals surface area contributed by atoms with Crippen LogP contribution in [0.4, 0.5) is 0 Å². The summed E-state index contributed by atoms with van der Waals surface area (Å²) in [6.45, 7) is 0.694. The van der Waals surface area contributed by atoms with Crippen molar-refractivity contribution in [3.8, 4) is 17.2 Å². The fraction of sp³-hybridized carbons (Fsp3) is 0.235. The molecule has 0 spiro atoms. The van der Waals surface area contributed by atoms with Gasteiger partial charge in [-0.1, -0.05) is 12.1 Å². The van der Waals surface area contributed by atoms with Crippen molar-refractivity contribution in [1.82, 2.24) is 0 Å². The molecule has 0 aliphatic heterocycles. The number of benzene rings is 2. The van der Waals surface area contributed by atoms with Crippen molar-refractivity contribution in [2.24, 2.45) is 4.99 Å². The second kappa shape index (κ2) is 7.33. The number of hydrogen-bond acceptors (Lipinski definition) is 4. The number of nitrogens with zero attached hydrogens (tertiary/aromatic N) is 1. The average Bonchev–Trinajstić information content (AvgIpc) is 2.53. The van der Waals surface area contributed by atoms with E-state index >= 15 is 0 Å². The molecule has 2 aromatic rings. The predicted octanol–water partition coefficient (Wildman–Crippen LogP) is 3.07. The molecule has 0 atom stereocenters. The highest BCUT2D eigenvalue weighted by molar-refractivity contribution is 5.80. The van der Waals surface area contributed by atoms with Crippen LogP contribution in [0, 0.1) is 0 Å². The van der Waals surface area contributed by atoms with Crippen molar-refractivity contribution in [2.45, 2.75) is 6.42 Å². The summed E-state index contributed by atoms with van der Waals surface area (Å²) < 4.78 is 10.4. The van der Waals surface area contributed by atoms with Gasteiger partial charge in [-0.05, 0) is 47.9 Å². The number of rotatable bonds is 6. The lowest BCUT2D eigenvalue weighted by atomic mass is 10.1. The Hall–Kier alpha value is -2.49. The maximum Gasteiger partial charge on any atom is 0.161 e. The number of methoxy groups -OCH3 is 2. The number of aliphatic imine (C=N–C) groups is 1. The van der Waals surface area contributed by atoms with E-state index in [1.54, 1.807) is 26.4 Å². The van der Waals surface area contributed by atoms with Crippen LogP contribution in [0.1, 0.15) is 11.1 Å². The Kier molecular flexibility index (Phi) is 5.21. The minimum Gasteiger partial charge on any atom is -0.508 e. The average molecular weight is 285 g/mol. The van der Waals surface area contributed by atoms with Gasteiger partial charge in [0.05, 0.1) is 14.2 Å². The first-order valence-corrected chi connectivity index (χ1v) is 6.72. The molecule has 4 heteroatoms. The smallest absolute Gasteiger partial charge is 0.161 e. The SMILES string of the molecule is COc1ccc(C=NCCc2ccc(O)cc2)cc1OC. The molecule has 0 aromatic heterocycles. The Morgan fingerprint density at radius 2 is 1.71 bits per heavy atom. The van der Waals surface area contributed by atoms with Crippen molar-refractivity contribution in [3.63, 3.8) is 0 Å². The molecule has 0 unspecified atom stereocenters. The third-order valence-electron chi connectivity index (χ3n) is 3.11. The van der Waals surface area contributed by atoms with Crippen LogP contribution < -0.4 is 9.47 Å². The topological polar surface area (TPSA) is 51.0 Å². The minimum atomic E-state index is 0.285. The van der Waals surface area contributed by atoms with Crippen LogP contribution in [-0.2, 0) is 6.42 Å². The summed E-state index contributed by atoms with van der Waals surface area (Å²) in [7, 11) is 3.23. The summed E-state index contributed by atoms with van der Waals surface area (Å²) in [5.41, 5.74) is 2.12. The minimum absolute atomic E-state index is 0.285. The van der Waals surface area contributed by atoms with E-state index < -0.39 is 0 Å². The van der Waals surface area contributed by atoms with Crippen LogP contribution >= 0.6 is 0 Å². The fourth-order valence-electron chi connectivity index (χ4n) is 1.96. The highest BCUT2D eigenvalue weighted by Crippen LogP contribution is 2.26. The lowest BCUT2D eigenvalue weighted by Gasteiger charge is -2.07. The highest BCUT2D eigenvalue weighted by atomic mass is 16.5. The molecule has 2 rings (SSSR count). The quantitative estimate of drug-likeness (QED) is 0.830. The molecule has 110 valence electrons. The first-order valence-electron chi connectivity index (χ1n) is 6.72. The van der Waals surface area contributed by atoms with Crippen LogP contribution in [0.3, 0.4) is 0 Å². The molecule has 2 aromatic carbocycles. The molecule has 0 saturated carbocycles. The zero-order valence-electron chi connectivity index (χ0n) is 12.2. The Morgan fingerprint density at radius 1 is 1.00 bits per heavy atom. The highest BCUT2D eigenvalue weighted by Gasteiger charge is 2.02. The lowest BCUT2D eigenvalue weighted by Crippen LogP contribution is -1.93. The maximum atomic E-state index is 9.22. The third-order valence-corrected chi connectivity index (χ3v) is 3.11. The summed E-state index contributed by atoms with van der Waals surface area (Å²) in [4.78, 5) is 4.41. The normalized spacial score (nSPS) is 10.8. The van der Waals surface area contributed by atoms with Gasteiger partial charge in [0, 0.05) is 12.8 Å². The van der Waals surface area contributed by atoms with Gasteiger partial charge in [-0.3, -0.25) is 4.99 Å². The maximum absolute atomic E-state index is 9.22. The van der Waals surface area contributed by atoms with E-state index in [0.717, 1.165) is 17.5 Å². The zero-order valence-corrected chi connectivity index (χ0v) is 12.2. The summed E-state index contributed by atoms with van der Waals surface area (Å²) in [6.07, 6.45) is 2.66. The van der Waals surface area contributed by atoms with Crippen LogP contribution in [0.2, 0.25) is 0 Å². The molecule has 0 radical (unpaired) electrons. The first-order chi connectivity index (χ1) is 10.2. The molecule has 0 aliphatic carbocycles. The molecule has 0 bridgehead atoms. The van der Waals surface area contributed by atoms with E-state index in [9.17, 15) is 5.11 Å². The van der Waals surface area contributed by atoms with Crippen LogP contribution in [0.15, 0.2) is 47.5 Å². The van der Waals surface area contributed by atoms with Gasteiger partial charge in [0.1, 0.15) is 5.75 Å². The first kappa shape index (κ1) is 14.9. The molecule has 0 fully saturated rings. The van der Waals surface area contributed by atoms with E-state index in [4.69, 9.17) is 9.47 Å². The Labute approximate surface area is 124 Å². The van der Waals surface area contributed by atoms with Crippen LogP contribution in [0.5, 0.6) is 17.2 Å². The molecule has 21 heavy (non-hydrogen) atoms. The van der Waals surface area contributed by atoms with Gasteiger partial charge in [0.15, 0.2) is 11.5 Å². The standard InChI is InChI=1S/C17H19NO3/c1-20-16-8-5-14(11-17(16)21-2)12-18-10-9-13-3-6-15(19)7-4-13/h3-8,11-12,19H,9-10H2,1-2H3. The van der Waals surface area contributed by atoms with Gasteiger partial charge in [0.25, 0.3) is 0 Å². The van der Waals surface area contributed by atoms with Crippen molar-refractivity contribution >= 4 is 6.21 Å². The van der Waals surface area contributed by atoms with E-state index in [2.05, 4.69) is 4.99 Å². The molecule has 1 N–H and O–H groups in total. The molecule has 0 aliphatic rings. The van der Waals surface area contributed by atoms with Gasteiger partial charge < -0.3 is 14.6 Å². The van der Waals surface area contributed by atoms with E-state index in [-0.39, 0.29) is 5.75 Å². The van der Waals surface area contributed by atoms with E-state index in [0.29, 0.717) is 18.0 Å². The second-order valence-corrected chi connectivity index (χ2v) is 4.57. The molecule has 4 nitrogen and oxygen atoms in total. The van der Waals surface area contributed by atoms with E-state index in [1.165, 1.54) is 0 Å². The summed E-state index contributed by atoms with van der Waals surface area (Å²) in [5, 5.41) is 9.22. The molecule has 0 amide bonds. The largest absolute Gasteiger partial charge is 0.508 e. The molecular weight excluding hydrogens is 266 g/mol. The van der Waals surface area contributed by atoms with Crippen molar-refractivity contribution in [2.75, 3.05) is 20.8 Å². The predicted molar refractivity (Wildman–Crippen MR) is 83.8 cm³/mol. The van der Waals surface area contributed by atoms with Crippen molar-refractivity contribution in [3.05, 3.63) is 53.6 Å². The van der Waals surface area contributed by atoms with Gasteiger partial charge >= 0.3 is 0 Å². The third kappa shape index (κ3) is 4.24. The molecule has 0 saturated heterocycles. The van der Waals surface area contributed by atoms with Crippen molar-refractivity contribution < 1.29 is 14.6 Å². The summed E-state index contributed by atoms with van der Waals surface area (Å²) in [6, 6.07) is 12.9.